The Labute approximate surface area is 238 Å². The van der Waals surface area contributed by atoms with E-state index in [0.717, 1.165) is 35.8 Å². The van der Waals surface area contributed by atoms with Crippen LogP contribution in [0.1, 0.15) is 32.2 Å². The predicted molar refractivity (Wildman–Crippen MR) is 156 cm³/mol. The molecular formula is C32H32F2N4OS. The summed E-state index contributed by atoms with van der Waals surface area (Å²) in [6.07, 6.45) is 4.30. The fourth-order valence-electron chi connectivity index (χ4n) is 4.73. The Balaban J connectivity index is 1.17. The van der Waals surface area contributed by atoms with Crippen LogP contribution in [-0.4, -0.2) is 58.3 Å². The van der Waals surface area contributed by atoms with Crippen molar-refractivity contribution in [3.05, 3.63) is 129 Å². The Morgan fingerprint density at radius 3 is 2.02 bits per heavy atom. The van der Waals surface area contributed by atoms with Crippen LogP contribution in [-0.2, 0) is 19.6 Å². The van der Waals surface area contributed by atoms with Crippen LogP contribution in [0.5, 0.6) is 0 Å². The van der Waals surface area contributed by atoms with E-state index in [4.69, 9.17) is 0 Å². The minimum Gasteiger partial charge on any atom is -0.335 e. The van der Waals surface area contributed by atoms with Gasteiger partial charge in [-0.15, -0.1) is 11.3 Å². The van der Waals surface area contributed by atoms with Crippen molar-refractivity contribution in [2.75, 3.05) is 32.7 Å². The number of hydrogen-bond acceptors (Lipinski definition) is 5. The SMILES string of the molecule is O=C(c1csc(CN(Cc2ccc(F)cc2)Cc2ccc(F)cc2)n1)N1CCN(CC=Cc2ccccc2)CC1. The third-order valence-electron chi connectivity index (χ3n) is 6.90. The van der Waals surface area contributed by atoms with Crippen LogP contribution in [0.25, 0.3) is 6.08 Å². The smallest absolute Gasteiger partial charge is 0.273 e. The van der Waals surface area contributed by atoms with Crippen molar-refractivity contribution < 1.29 is 13.6 Å². The molecule has 0 aliphatic carbocycles. The summed E-state index contributed by atoms with van der Waals surface area (Å²) in [5.41, 5.74) is 3.59. The van der Waals surface area contributed by atoms with Crippen molar-refractivity contribution in [3.63, 3.8) is 0 Å². The van der Waals surface area contributed by atoms with Crippen LogP contribution in [0.15, 0.2) is 90.3 Å². The molecule has 1 aliphatic rings. The number of nitrogens with zero attached hydrogens (tertiary/aromatic N) is 4. The van der Waals surface area contributed by atoms with Crippen molar-refractivity contribution in [2.24, 2.45) is 0 Å². The monoisotopic (exact) mass is 558 g/mol. The van der Waals surface area contributed by atoms with E-state index >= 15 is 0 Å². The first kappa shape index (κ1) is 27.8. The molecule has 1 aliphatic heterocycles. The standard InChI is InChI=1S/C32H32F2N4OS/c33-28-12-8-26(9-13-28)21-37(22-27-10-14-29(34)15-11-27)23-31-35-30(24-40-31)32(39)38-19-17-36(18-20-38)16-4-7-25-5-2-1-3-6-25/h1-15,24H,16-23H2. The first-order chi connectivity index (χ1) is 19.5. The molecule has 5 rings (SSSR count). The van der Waals surface area contributed by atoms with Gasteiger partial charge in [0.15, 0.2) is 0 Å². The molecule has 4 aromatic rings. The number of aromatic nitrogens is 1. The first-order valence-electron chi connectivity index (χ1n) is 13.4. The topological polar surface area (TPSA) is 39.7 Å². The Morgan fingerprint density at radius 2 is 1.43 bits per heavy atom. The average molecular weight is 559 g/mol. The second-order valence-corrected chi connectivity index (χ2v) is 10.9. The normalized spacial score (nSPS) is 14.3. The summed E-state index contributed by atoms with van der Waals surface area (Å²) in [4.78, 5) is 24.3. The van der Waals surface area contributed by atoms with Gasteiger partial charge < -0.3 is 4.90 Å². The molecule has 0 unspecified atom stereocenters. The summed E-state index contributed by atoms with van der Waals surface area (Å²) >= 11 is 1.47. The number of carbonyl (C=O) groups is 1. The van der Waals surface area contributed by atoms with E-state index in [9.17, 15) is 13.6 Å². The van der Waals surface area contributed by atoms with Gasteiger partial charge in [-0.25, -0.2) is 13.8 Å². The van der Waals surface area contributed by atoms with Gasteiger partial charge in [0.25, 0.3) is 5.91 Å². The van der Waals surface area contributed by atoms with Crippen molar-refractivity contribution >= 4 is 23.3 Å². The van der Waals surface area contributed by atoms with Gasteiger partial charge in [-0.3, -0.25) is 14.6 Å². The molecule has 206 valence electrons. The van der Waals surface area contributed by atoms with Gasteiger partial charge in [0.1, 0.15) is 22.3 Å². The van der Waals surface area contributed by atoms with E-state index in [1.54, 1.807) is 24.3 Å². The van der Waals surface area contributed by atoms with Crippen LogP contribution in [0.2, 0.25) is 0 Å². The first-order valence-corrected chi connectivity index (χ1v) is 14.3. The Kier molecular flexibility index (Phi) is 9.44. The molecule has 0 bridgehead atoms. The second-order valence-electron chi connectivity index (χ2n) is 9.93. The molecule has 1 aromatic heterocycles. The molecule has 0 radical (unpaired) electrons. The number of halogens is 2. The Morgan fingerprint density at radius 1 is 0.825 bits per heavy atom. The van der Waals surface area contributed by atoms with E-state index in [-0.39, 0.29) is 17.5 Å². The molecule has 1 saturated heterocycles. The highest BCUT2D eigenvalue weighted by molar-refractivity contribution is 7.09. The lowest BCUT2D eigenvalue weighted by Gasteiger charge is -2.33. The van der Waals surface area contributed by atoms with Crippen LogP contribution in [0, 0.1) is 11.6 Å². The van der Waals surface area contributed by atoms with Gasteiger partial charge in [0.2, 0.25) is 0 Å². The largest absolute Gasteiger partial charge is 0.335 e. The van der Waals surface area contributed by atoms with Crippen LogP contribution < -0.4 is 0 Å². The molecule has 0 spiro atoms. The quantitative estimate of drug-likeness (QED) is 0.236. The molecule has 3 aromatic carbocycles. The van der Waals surface area contributed by atoms with Crippen LogP contribution in [0.4, 0.5) is 8.78 Å². The number of carbonyl (C=O) groups excluding carboxylic acids is 1. The highest BCUT2D eigenvalue weighted by Gasteiger charge is 2.24. The molecule has 40 heavy (non-hydrogen) atoms. The number of thiazole rings is 1. The summed E-state index contributed by atoms with van der Waals surface area (Å²) in [6, 6.07) is 23.1. The van der Waals surface area contributed by atoms with Crippen molar-refractivity contribution in [1.82, 2.24) is 19.7 Å². The summed E-state index contributed by atoms with van der Waals surface area (Å²) in [5, 5.41) is 2.66. The van der Waals surface area contributed by atoms with E-state index in [1.165, 1.54) is 41.2 Å². The summed E-state index contributed by atoms with van der Waals surface area (Å²) < 4.78 is 26.9. The highest BCUT2D eigenvalue weighted by atomic mass is 32.1. The molecule has 1 amide bonds. The number of rotatable bonds is 10. The molecule has 0 atom stereocenters. The molecule has 0 saturated carbocycles. The zero-order valence-corrected chi connectivity index (χ0v) is 23.1. The molecule has 1 fully saturated rings. The molecule has 8 heteroatoms. The maximum absolute atomic E-state index is 13.4. The Bertz CT molecular complexity index is 1350. The number of piperazine rings is 1. The van der Waals surface area contributed by atoms with E-state index in [2.05, 4.69) is 39.1 Å². The lowest BCUT2D eigenvalue weighted by molar-refractivity contribution is 0.0645. The lowest BCUT2D eigenvalue weighted by atomic mass is 10.1. The van der Waals surface area contributed by atoms with Crippen molar-refractivity contribution in [1.29, 1.82) is 0 Å². The lowest BCUT2D eigenvalue weighted by Crippen LogP contribution is -2.48. The van der Waals surface area contributed by atoms with E-state index in [0.29, 0.717) is 38.4 Å². The van der Waals surface area contributed by atoms with Gasteiger partial charge in [0.05, 0.1) is 6.54 Å². The maximum Gasteiger partial charge on any atom is 0.273 e. The average Bonchev–Trinajstić information content (AvgIpc) is 3.44. The van der Waals surface area contributed by atoms with Crippen molar-refractivity contribution in [2.45, 2.75) is 19.6 Å². The molecular weight excluding hydrogens is 526 g/mol. The molecule has 2 heterocycles. The minimum atomic E-state index is -0.276. The highest BCUT2D eigenvalue weighted by Crippen LogP contribution is 2.19. The van der Waals surface area contributed by atoms with Gasteiger partial charge in [-0.2, -0.15) is 0 Å². The molecule has 5 nitrogen and oxygen atoms in total. The number of benzene rings is 3. The fraction of sp³-hybridized carbons (Fsp3) is 0.250. The zero-order valence-electron chi connectivity index (χ0n) is 22.3. The van der Waals surface area contributed by atoms with Gasteiger partial charge in [0, 0.05) is 51.2 Å². The fourth-order valence-corrected chi connectivity index (χ4v) is 5.54. The number of hydrogen-bond donors (Lipinski definition) is 0. The summed E-state index contributed by atoms with van der Waals surface area (Å²) in [6.45, 7) is 5.51. The summed E-state index contributed by atoms with van der Waals surface area (Å²) in [7, 11) is 0. The third kappa shape index (κ3) is 7.91. The van der Waals surface area contributed by atoms with Gasteiger partial charge in [-0.1, -0.05) is 66.7 Å². The second kappa shape index (κ2) is 13.6. The Hall–Kier alpha value is -3.72. The van der Waals surface area contributed by atoms with Gasteiger partial charge >= 0.3 is 0 Å². The van der Waals surface area contributed by atoms with Crippen LogP contribution >= 0.6 is 11.3 Å². The minimum absolute atomic E-state index is 0.0365. The number of amides is 1. The maximum atomic E-state index is 13.4. The van der Waals surface area contributed by atoms with Crippen LogP contribution in [0.3, 0.4) is 0 Å². The van der Waals surface area contributed by atoms with E-state index < -0.39 is 0 Å². The van der Waals surface area contributed by atoms with Gasteiger partial charge in [-0.05, 0) is 41.0 Å². The third-order valence-corrected chi connectivity index (χ3v) is 7.74. The summed E-state index contributed by atoms with van der Waals surface area (Å²) in [5.74, 6) is -0.589. The predicted octanol–water partition coefficient (Wildman–Crippen LogP) is 6.09. The van der Waals surface area contributed by atoms with E-state index in [1.807, 2.05) is 28.5 Å². The zero-order chi connectivity index (χ0) is 27.7. The van der Waals surface area contributed by atoms with Crippen molar-refractivity contribution in [3.8, 4) is 0 Å². The molecule has 0 N–H and O–H groups in total.